The van der Waals surface area contributed by atoms with E-state index >= 15 is 0 Å². The fourth-order valence-electron chi connectivity index (χ4n) is 1.41. The predicted molar refractivity (Wildman–Crippen MR) is 64.7 cm³/mol. The largest absolute Gasteiger partial charge is 0.493 e. The van der Waals surface area contributed by atoms with Crippen molar-refractivity contribution >= 4 is 5.97 Å². The van der Waals surface area contributed by atoms with Crippen LogP contribution >= 0.6 is 0 Å². The fourth-order valence-corrected chi connectivity index (χ4v) is 1.41. The quantitative estimate of drug-likeness (QED) is 0.741. The van der Waals surface area contributed by atoms with E-state index in [1.807, 2.05) is 13.8 Å². The monoisotopic (exact) mass is 238 g/mol. The highest BCUT2D eigenvalue weighted by Crippen LogP contribution is 2.20. The summed E-state index contributed by atoms with van der Waals surface area (Å²) < 4.78 is 10.6. The Morgan fingerprint density at radius 2 is 2.12 bits per heavy atom. The standard InChI is InChI=1S/C13H18O4/c1-3-16-7-4-8-17-12-9-10(2)5-6-11(12)13(14)15/h5-6,9H,3-4,7-8H2,1-2H3,(H,14,15). The smallest absolute Gasteiger partial charge is 0.339 e. The molecule has 0 radical (unpaired) electrons. The van der Waals surface area contributed by atoms with Crippen molar-refractivity contribution in [1.29, 1.82) is 0 Å². The Balaban J connectivity index is 2.56. The van der Waals surface area contributed by atoms with Crippen LogP contribution in [-0.2, 0) is 4.74 Å². The van der Waals surface area contributed by atoms with Crippen molar-refractivity contribution in [1.82, 2.24) is 0 Å². The highest BCUT2D eigenvalue weighted by atomic mass is 16.5. The van der Waals surface area contributed by atoms with Gasteiger partial charge in [0.15, 0.2) is 0 Å². The molecule has 0 aliphatic carbocycles. The van der Waals surface area contributed by atoms with E-state index < -0.39 is 5.97 Å². The average Bonchev–Trinajstić information content (AvgIpc) is 2.28. The summed E-state index contributed by atoms with van der Waals surface area (Å²) in [5.74, 6) is -0.543. The van der Waals surface area contributed by atoms with Crippen LogP contribution in [0.4, 0.5) is 0 Å². The van der Waals surface area contributed by atoms with Gasteiger partial charge < -0.3 is 14.6 Å². The Morgan fingerprint density at radius 3 is 2.76 bits per heavy atom. The predicted octanol–water partition coefficient (Wildman–Crippen LogP) is 2.50. The fraction of sp³-hybridized carbons (Fsp3) is 0.462. The van der Waals surface area contributed by atoms with Crippen molar-refractivity contribution in [2.24, 2.45) is 0 Å². The molecule has 0 amide bonds. The molecule has 1 aromatic carbocycles. The van der Waals surface area contributed by atoms with Crippen LogP contribution < -0.4 is 4.74 Å². The molecular formula is C13H18O4. The van der Waals surface area contributed by atoms with Crippen LogP contribution in [0.25, 0.3) is 0 Å². The number of benzene rings is 1. The molecular weight excluding hydrogens is 220 g/mol. The molecule has 4 nitrogen and oxygen atoms in total. The molecule has 94 valence electrons. The maximum Gasteiger partial charge on any atom is 0.339 e. The lowest BCUT2D eigenvalue weighted by Gasteiger charge is -2.09. The van der Waals surface area contributed by atoms with E-state index in [1.165, 1.54) is 0 Å². The van der Waals surface area contributed by atoms with Gasteiger partial charge in [-0.25, -0.2) is 4.79 Å². The minimum atomic E-state index is -0.968. The first kappa shape index (κ1) is 13.5. The molecule has 0 saturated heterocycles. The number of carboxylic acid groups (broad SMARTS) is 1. The van der Waals surface area contributed by atoms with E-state index in [2.05, 4.69) is 0 Å². The van der Waals surface area contributed by atoms with Gasteiger partial charge in [0.05, 0.1) is 6.61 Å². The van der Waals surface area contributed by atoms with Crippen LogP contribution in [0.2, 0.25) is 0 Å². The highest BCUT2D eigenvalue weighted by molar-refractivity contribution is 5.90. The van der Waals surface area contributed by atoms with E-state index in [4.69, 9.17) is 14.6 Å². The van der Waals surface area contributed by atoms with Crippen molar-refractivity contribution in [2.75, 3.05) is 19.8 Å². The number of carbonyl (C=O) groups is 1. The van der Waals surface area contributed by atoms with Crippen molar-refractivity contribution in [3.05, 3.63) is 29.3 Å². The van der Waals surface area contributed by atoms with Crippen molar-refractivity contribution in [3.63, 3.8) is 0 Å². The summed E-state index contributed by atoms with van der Waals surface area (Å²) in [5.41, 5.74) is 1.18. The van der Waals surface area contributed by atoms with Crippen molar-refractivity contribution in [3.8, 4) is 5.75 Å². The van der Waals surface area contributed by atoms with E-state index in [0.29, 0.717) is 25.6 Å². The van der Waals surface area contributed by atoms with Crippen LogP contribution in [0.5, 0.6) is 5.75 Å². The first-order valence-corrected chi connectivity index (χ1v) is 5.69. The Bertz CT molecular complexity index is 374. The van der Waals surface area contributed by atoms with Crippen LogP contribution in [0, 0.1) is 6.92 Å². The van der Waals surface area contributed by atoms with Gasteiger partial charge in [0.1, 0.15) is 11.3 Å². The summed E-state index contributed by atoms with van der Waals surface area (Å²) in [4.78, 5) is 11.0. The summed E-state index contributed by atoms with van der Waals surface area (Å²) in [6, 6.07) is 5.07. The van der Waals surface area contributed by atoms with Gasteiger partial charge in [0.25, 0.3) is 0 Å². The second kappa shape index (κ2) is 6.91. The van der Waals surface area contributed by atoms with Crippen LogP contribution in [0.1, 0.15) is 29.3 Å². The zero-order chi connectivity index (χ0) is 12.7. The molecule has 0 saturated carbocycles. The molecule has 1 N–H and O–H groups in total. The van der Waals surface area contributed by atoms with Gasteiger partial charge in [-0.05, 0) is 31.5 Å². The van der Waals surface area contributed by atoms with Gasteiger partial charge in [0, 0.05) is 19.6 Å². The van der Waals surface area contributed by atoms with Crippen molar-refractivity contribution < 1.29 is 19.4 Å². The number of ether oxygens (including phenoxy) is 2. The molecule has 0 aromatic heterocycles. The SMILES string of the molecule is CCOCCCOc1cc(C)ccc1C(=O)O. The molecule has 0 atom stereocenters. The molecule has 0 unspecified atom stereocenters. The average molecular weight is 238 g/mol. The van der Waals surface area contributed by atoms with Gasteiger partial charge in [-0.3, -0.25) is 0 Å². The number of carboxylic acids is 1. The number of rotatable bonds is 7. The van der Waals surface area contributed by atoms with Crippen LogP contribution in [0.15, 0.2) is 18.2 Å². The van der Waals surface area contributed by atoms with E-state index in [0.717, 1.165) is 12.0 Å². The zero-order valence-corrected chi connectivity index (χ0v) is 10.2. The Morgan fingerprint density at radius 1 is 1.35 bits per heavy atom. The maximum atomic E-state index is 11.0. The van der Waals surface area contributed by atoms with Crippen molar-refractivity contribution in [2.45, 2.75) is 20.3 Å². The summed E-state index contributed by atoms with van der Waals surface area (Å²) in [6.45, 7) is 5.61. The molecule has 17 heavy (non-hydrogen) atoms. The zero-order valence-electron chi connectivity index (χ0n) is 10.2. The number of hydrogen-bond donors (Lipinski definition) is 1. The minimum absolute atomic E-state index is 0.201. The maximum absolute atomic E-state index is 11.0. The molecule has 0 aliphatic rings. The van der Waals surface area contributed by atoms with Gasteiger partial charge in [-0.2, -0.15) is 0 Å². The lowest BCUT2D eigenvalue weighted by Crippen LogP contribution is -2.07. The molecule has 1 rings (SSSR count). The molecule has 0 aliphatic heterocycles. The molecule has 0 bridgehead atoms. The third-order valence-electron chi connectivity index (χ3n) is 2.26. The second-order valence-electron chi connectivity index (χ2n) is 3.70. The van der Waals surface area contributed by atoms with E-state index in [9.17, 15) is 4.79 Å². The molecule has 0 fully saturated rings. The summed E-state index contributed by atoms with van der Waals surface area (Å²) >= 11 is 0. The first-order chi connectivity index (χ1) is 8.15. The lowest BCUT2D eigenvalue weighted by molar-refractivity contribution is 0.0691. The van der Waals surface area contributed by atoms with Gasteiger partial charge in [0.2, 0.25) is 0 Å². The molecule has 1 aromatic rings. The van der Waals surface area contributed by atoms with Gasteiger partial charge >= 0.3 is 5.97 Å². The highest BCUT2D eigenvalue weighted by Gasteiger charge is 2.10. The van der Waals surface area contributed by atoms with Crippen LogP contribution in [0.3, 0.4) is 0 Å². The van der Waals surface area contributed by atoms with Crippen LogP contribution in [-0.4, -0.2) is 30.9 Å². The van der Waals surface area contributed by atoms with Gasteiger partial charge in [-0.15, -0.1) is 0 Å². The summed E-state index contributed by atoms with van der Waals surface area (Å²) in [6.07, 6.45) is 0.751. The Kier molecular flexibility index (Phi) is 5.49. The normalized spacial score (nSPS) is 10.2. The topological polar surface area (TPSA) is 55.8 Å². The first-order valence-electron chi connectivity index (χ1n) is 5.69. The Labute approximate surface area is 101 Å². The number of aryl methyl sites for hydroxylation is 1. The minimum Gasteiger partial charge on any atom is -0.493 e. The number of hydrogen-bond acceptors (Lipinski definition) is 3. The summed E-state index contributed by atoms with van der Waals surface area (Å²) in [5, 5.41) is 8.99. The second-order valence-corrected chi connectivity index (χ2v) is 3.70. The Hall–Kier alpha value is -1.55. The van der Waals surface area contributed by atoms with E-state index in [1.54, 1.807) is 18.2 Å². The van der Waals surface area contributed by atoms with E-state index in [-0.39, 0.29) is 5.56 Å². The summed E-state index contributed by atoms with van der Waals surface area (Å²) in [7, 11) is 0. The molecule has 4 heteroatoms. The van der Waals surface area contributed by atoms with Gasteiger partial charge in [-0.1, -0.05) is 6.07 Å². The lowest BCUT2D eigenvalue weighted by atomic mass is 10.1. The number of aromatic carboxylic acids is 1. The molecule has 0 spiro atoms. The third kappa shape index (κ3) is 4.44. The molecule has 0 heterocycles. The third-order valence-corrected chi connectivity index (χ3v) is 2.26.